The van der Waals surface area contributed by atoms with Gasteiger partial charge >= 0.3 is 0 Å². The minimum atomic E-state index is 0.136. The third kappa shape index (κ3) is 4.60. The zero-order chi connectivity index (χ0) is 13.8. The van der Waals surface area contributed by atoms with E-state index in [1.165, 1.54) is 5.56 Å². The molecule has 3 heteroatoms. The van der Waals surface area contributed by atoms with E-state index >= 15 is 0 Å². The van der Waals surface area contributed by atoms with Crippen molar-refractivity contribution in [2.24, 2.45) is 5.41 Å². The number of aryl methyl sites for hydroxylation is 1. The molecule has 0 bridgehead atoms. The minimum absolute atomic E-state index is 0.136. The molecule has 1 unspecified atom stereocenters. The SMILES string of the molecule is Cc1ccc(CNC(CCO)C(C)(C)C)cc1Cl. The average Bonchev–Trinajstić information content (AvgIpc) is 2.27. The standard InChI is InChI=1S/C15H24ClNO/c1-11-5-6-12(9-13(11)16)10-17-14(7-8-18)15(2,3)4/h5-6,9,14,17-18H,7-8,10H2,1-4H3. The van der Waals surface area contributed by atoms with Gasteiger partial charge in [0, 0.05) is 24.2 Å². The Kier molecular flexibility index (Phi) is 5.64. The summed E-state index contributed by atoms with van der Waals surface area (Å²) in [5.41, 5.74) is 2.41. The van der Waals surface area contributed by atoms with E-state index in [9.17, 15) is 0 Å². The lowest BCUT2D eigenvalue weighted by Gasteiger charge is -2.31. The third-order valence-corrected chi connectivity index (χ3v) is 3.66. The second-order valence-corrected chi connectivity index (χ2v) is 6.30. The summed E-state index contributed by atoms with van der Waals surface area (Å²) in [6, 6.07) is 6.43. The lowest BCUT2D eigenvalue weighted by atomic mass is 9.85. The number of benzene rings is 1. The quantitative estimate of drug-likeness (QED) is 0.857. The van der Waals surface area contributed by atoms with Gasteiger partial charge in [-0.2, -0.15) is 0 Å². The molecule has 0 spiro atoms. The highest BCUT2D eigenvalue weighted by Gasteiger charge is 2.23. The van der Waals surface area contributed by atoms with Crippen LogP contribution in [0.2, 0.25) is 5.02 Å². The Morgan fingerprint density at radius 3 is 2.50 bits per heavy atom. The largest absolute Gasteiger partial charge is 0.396 e. The molecule has 0 saturated heterocycles. The second kappa shape index (κ2) is 6.55. The van der Waals surface area contributed by atoms with Crippen LogP contribution in [0.15, 0.2) is 18.2 Å². The highest BCUT2D eigenvalue weighted by atomic mass is 35.5. The van der Waals surface area contributed by atoms with Crippen molar-refractivity contribution in [2.45, 2.75) is 46.7 Å². The molecule has 1 aromatic rings. The van der Waals surface area contributed by atoms with Gasteiger partial charge in [-0.05, 0) is 36.0 Å². The first-order chi connectivity index (χ1) is 8.34. The Morgan fingerprint density at radius 1 is 1.33 bits per heavy atom. The van der Waals surface area contributed by atoms with Gasteiger partial charge in [0.05, 0.1) is 0 Å². The van der Waals surface area contributed by atoms with Gasteiger partial charge in [-0.1, -0.05) is 44.5 Å². The van der Waals surface area contributed by atoms with E-state index in [1.54, 1.807) is 0 Å². The Bertz CT molecular complexity index is 385. The number of hydrogen-bond acceptors (Lipinski definition) is 2. The summed E-state index contributed by atoms with van der Waals surface area (Å²) in [5.74, 6) is 0. The van der Waals surface area contributed by atoms with Crippen LogP contribution in [0.1, 0.15) is 38.3 Å². The molecule has 0 aliphatic heterocycles. The van der Waals surface area contributed by atoms with Gasteiger partial charge in [0.15, 0.2) is 0 Å². The number of hydrogen-bond donors (Lipinski definition) is 2. The molecule has 0 heterocycles. The lowest BCUT2D eigenvalue weighted by molar-refractivity contribution is 0.196. The van der Waals surface area contributed by atoms with Gasteiger partial charge in [-0.3, -0.25) is 0 Å². The topological polar surface area (TPSA) is 32.3 Å². The number of aliphatic hydroxyl groups excluding tert-OH is 1. The summed E-state index contributed by atoms with van der Waals surface area (Å²) in [6.45, 7) is 9.54. The Balaban J connectivity index is 2.64. The van der Waals surface area contributed by atoms with Crippen LogP contribution in [0.3, 0.4) is 0 Å². The van der Waals surface area contributed by atoms with Crippen LogP contribution >= 0.6 is 11.6 Å². The summed E-state index contributed by atoms with van der Waals surface area (Å²) in [7, 11) is 0. The van der Waals surface area contributed by atoms with Crippen molar-refractivity contribution in [3.05, 3.63) is 34.3 Å². The van der Waals surface area contributed by atoms with E-state index in [2.05, 4.69) is 32.2 Å². The molecule has 0 aromatic heterocycles. The monoisotopic (exact) mass is 269 g/mol. The molecule has 0 radical (unpaired) electrons. The molecule has 1 rings (SSSR count). The highest BCUT2D eigenvalue weighted by molar-refractivity contribution is 6.31. The van der Waals surface area contributed by atoms with Gasteiger partial charge in [-0.15, -0.1) is 0 Å². The molecule has 0 aliphatic rings. The predicted octanol–water partition coefficient (Wildman–Crippen LogP) is 3.54. The molecule has 1 aromatic carbocycles. The lowest BCUT2D eigenvalue weighted by Crippen LogP contribution is -2.40. The zero-order valence-corrected chi connectivity index (χ0v) is 12.5. The molecule has 0 saturated carbocycles. The van der Waals surface area contributed by atoms with E-state index in [-0.39, 0.29) is 12.0 Å². The highest BCUT2D eigenvalue weighted by Crippen LogP contribution is 2.22. The summed E-state index contributed by atoms with van der Waals surface area (Å²) in [4.78, 5) is 0. The maximum Gasteiger partial charge on any atom is 0.0446 e. The molecule has 0 aliphatic carbocycles. The number of nitrogens with one attached hydrogen (secondary N) is 1. The summed E-state index contributed by atoms with van der Waals surface area (Å²) in [6.07, 6.45) is 0.767. The van der Waals surface area contributed by atoms with Crippen molar-refractivity contribution < 1.29 is 5.11 Å². The summed E-state index contributed by atoms with van der Waals surface area (Å²) >= 11 is 6.11. The fraction of sp³-hybridized carbons (Fsp3) is 0.600. The third-order valence-electron chi connectivity index (χ3n) is 3.25. The van der Waals surface area contributed by atoms with Crippen LogP contribution in [-0.4, -0.2) is 17.8 Å². The van der Waals surface area contributed by atoms with Gasteiger partial charge in [-0.25, -0.2) is 0 Å². The molecule has 2 N–H and O–H groups in total. The van der Waals surface area contributed by atoms with Crippen molar-refractivity contribution in [3.63, 3.8) is 0 Å². The molecule has 1 atom stereocenters. The van der Waals surface area contributed by atoms with E-state index in [0.29, 0.717) is 6.04 Å². The van der Waals surface area contributed by atoms with E-state index in [4.69, 9.17) is 16.7 Å². The molecule has 2 nitrogen and oxygen atoms in total. The average molecular weight is 270 g/mol. The number of rotatable bonds is 5. The first-order valence-corrected chi connectivity index (χ1v) is 6.81. The van der Waals surface area contributed by atoms with Crippen LogP contribution in [-0.2, 0) is 6.54 Å². The molecule has 102 valence electrons. The van der Waals surface area contributed by atoms with Crippen LogP contribution in [0.5, 0.6) is 0 Å². The van der Waals surface area contributed by atoms with Crippen LogP contribution in [0.25, 0.3) is 0 Å². The van der Waals surface area contributed by atoms with Gasteiger partial charge in [0.2, 0.25) is 0 Å². The van der Waals surface area contributed by atoms with E-state index in [1.807, 2.05) is 19.1 Å². The fourth-order valence-electron chi connectivity index (χ4n) is 1.96. The maximum atomic E-state index is 9.12. The van der Waals surface area contributed by atoms with Crippen LogP contribution < -0.4 is 5.32 Å². The minimum Gasteiger partial charge on any atom is -0.396 e. The second-order valence-electron chi connectivity index (χ2n) is 5.90. The van der Waals surface area contributed by atoms with Gasteiger partial charge in [0.25, 0.3) is 0 Å². The normalized spacial score (nSPS) is 13.7. The van der Waals surface area contributed by atoms with Crippen molar-refractivity contribution in [1.82, 2.24) is 5.32 Å². The fourth-order valence-corrected chi connectivity index (χ4v) is 2.16. The van der Waals surface area contributed by atoms with Crippen molar-refractivity contribution in [3.8, 4) is 0 Å². The van der Waals surface area contributed by atoms with Crippen molar-refractivity contribution in [2.75, 3.05) is 6.61 Å². The van der Waals surface area contributed by atoms with Crippen molar-refractivity contribution in [1.29, 1.82) is 0 Å². The Morgan fingerprint density at radius 2 is 2.00 bits per heavy atom. The van der Waals surface area contributed by atoms with Gasteiger partial charge < -0.3 is 10.4 Å². The predicted molar refractivity (Wildman–Crippen MR) is 78.0 cm³/mol. The number of aliphatic hydroxyl groups is 1. The van der Waals surface area contributed by atoms with Crippen LogP contribution in [0.4, 0.5) is 0 Å². The zero-order valence-electron chi connectivity index (χ0n) is 11.8. The van der Waals surface area contributed by atoms with Gasteiger partial charge in [0.1, 0.15) is 0 Å². The number of halogens is 1. The smallest absolute Gasteiger partial charge is 0.0446 e. The Hall–Kier alpha value is -0.570. The van der Waals surface area contributed by atoms with E-state index < -0.39 is 0 Å². The van der Waals surface area contributed by atoms with Crippen LogP contribution in [0, 0.1) is 12.3 Å². The molecular formula is C15H24ClNO. The molecule has 18 heavy (non-hydrogen) atoms. The molecule has 0 amide bonds. The Labute approximate surface area is 115 Å². The summed E-state index contributed by atoms with van der Waals surface area (Å²) < 4.78 is 0. The van der Waals surface area contributed by atoms with E-state index in [0.717, 1.165) is 23.6 Å². The molecule has 0 fully saturated rings. The maximum absolute atomic E-state index is 9.12. The first kappa shape index (κ1) is 15.5. The summed E-state index contributed by atoms with van der Waals surface area (Å²) in [5, 5.41) is 13.4. The molecular weight excluding hydrogens is 246 g/mol. The first-order valence-electron chi connectivity index (χ1n) is 6.44. The van der Waals surface area contributed by atoms with Crippen molar-refractivity contribution >= 4 is 11.6 Å².